The van der Waals surface area contributed by atoms with E-state index in [0.29, 0.717) is 36.7 Å². The van der Waals surface area contributed by atoms with Crippen LogP contribution < -0.4 is 0 Å². The average molecular weight is 381 g/mol. The van der Waals surface area contributed by atoms with E-state index in [1.165, 1.54) is 12.3 Å². The molecule has 1 atom stereocenters. The number of carbonyl (C=O) groups excluding carboxylic acids is 1. The number of hydrogen-bond donors (Lipinski definition) is 0. The van der Waals surface area contributed by atoms with Crippen LogP contribution in [0.5, 0.6) is 0 Å². The fourth-order valence-corrected chi connectivity index (χ4v) is 3.42. The molecular formula is C20H20FN5O2. The van der Waals surface area contributed by atoms with E-state index in [1.54, 1.807) is 29.3 Å². The van der Waals surface area contributed by atoms with Crippen molar-refractivity contribution in [3.05, 3.63) is 59.8 Å². The van der Waals surface area contributed by atoms with Gasteiger partial charge >= 0.3 is 0 Å². The molecule has 0 bridgehead atoms. The van der Waals surface area contributed by atoms with Gasteiger partial charge in [0.15, 0.2) is 0 Å². The maximum atomic E-state index is 13.9. The minimum atomic E-state index is -0.386. The molecule has 1 saturated heterocycles. The number of hydrogen-bond acceptors (Lipinski definition) is 6. The molecule has 1 amide bonds. The Morgan fingerprint density at radius 3 is 2.93 bits per heavy atom. The Bertz CT molecular complexity index is 973. The second-order valence-electron chi connectivity index (χ2n) is 7.00. The molecule has 8 heteroatoms. The van der Waals surface area contributed by atoms with Gasteiger partial charge in [-0.05, 0) is 37.8 Å². The van der Waals surface area contributed by atoms with Gasteiger partial charge in [-0.15, -0.1) is 0 Å². The quantitative estimate of drug-likeness (QED) is 0.690. The van der Waals surface area contributed by atoms with Gasteiger partial charge in [0.05, 0.1) is 17.5 Å². The molecule has 1 aromatic carbocycles. The van der Waals surface area contributed by atoms with Crippen molar-refractivity contribution >= 4 is 5.91 Å². The summed E-state index contributed by atoms with van der Waals surface area (Å²) in [7, 11) is 0. The number of amides is 1. The summed E-state index contributed by atoms with van der Waals surface area (Å²) in [5.41, 5.74) is 1.44. The fraction of sp³-hybridized carbons (Fsp3) is 0.350. The van der Waals surface area contributed by atoms with Crippen molar-refractivity contribution in [3.8, 4) is 11.4 Å². The Morgan fingerprint density at radius 1 is 1.29 bits per heavy atom. The number of aromatic nitrogens is 4. The second kappa shape index (κ2) is 7.84. The third-order valence-corrected chi connectivity index (χ3v) is 4.85. The maximum absolute atomic E-state index is 13.9. The van der Waals surface area contributed by atoms with Crippen molar-refractivity contribution in [2.45, 2.75) is 26.2 Å². The largest absolute Gasteiger partial charge is 0.339 e. The summed E-state index contributed by atoms with van der Waals surface area (Å²) in [6, 6.07) is 6.33. The predicted molar refractivity (Wildman–Crippen MR) is 98.8 cm³/mol. The highest BCUT2D eigenvalue weighted by atomic mass is 19.1. The third-order valence-electron chi connectivity index (χ3n) is 4.85. The van der Waals surface area contributed by atoms with E-state index in [0.717, 1.165) is 18.5 Å². The predicted octanol–water partition coefficient (Wildman–Crippen LogP) is 3.07. The molecule has 0 N–H and O–H groups in total. The molecule has 3 heterocycles. The summed E-state index contributed by atoms with van der Waals surface area (Å²) < 4.78 is 19.2. The van der Waals surface area contributed by atoms with Crippen molar-refractivity contribution in [1.29, 1.82) is 0 Å². The molecule has 4 rings (SSSR count). The average Bonchev–Trinajstić information content (AvgIpc) is 3.17. The van der Waals surface area contributed by atoms with Crippen molar-refractivity contribution in [1.82, 2.24) is 25.0 Å². The summed E-state index contributed by atoms with van der Waals surface area (Å²) in [6.45, 7) is 3.11. The first-order valence-electron chi connectivity index (χ1n) is 9.25. The first-order chi connectivity index (χ1) is 13.6. The smallest absolute Gasteiger partial charge is 0.274 e. The molecule has 1 aliphatic rings. The number of piperidine rings is 1. The van der Waals surface area contributed by atoms with Crippen LogP contribution in [0.2, 0.25) is 0 Å². The van der Waals surface area contributed by atoms with Gasteiger partial charge < -0.3 is 9.42 Å². The Hall–Kier alpha value is -3.16. The van der Waals surface area contributed by atoms with Gasteiger partial charge in [-0.1, -0.05) is 17.3 Å². The lowest BCUT2D eigenvalue weighted by Gasteiger charge is -2.31. The lowest BCUT2D eigenvalue weighted by Crippen LogP contribution is -2.41. The minimum Gasteiger partial charge on any atom is -0.339 e. The van der Waals surface area contributed by atoms with Crippen LogP contribution in [0.4, 0.5) is 4.39 Å². The molecule has 1 unspecified atom stereocenters. The van der Waals surface area contributed by atoms with Crippen molar-refractivity contribution in [3.63, 3.8) is 0 Å². The number of rotatable bonds is 4. The van der Waals surface area contributed by atoms with E-state index in [1.807, 2.05) is 6.92 Å². The monoisotopic (exact) mass is 381 g/mol. The zero-order valence-corrected chi connectivity index (χ0v) is 15.5. The van der Waals surface area contributed by atoms with Gasteiger partial charge in [-0.3, -0.25) is 9.78 Å². The number of carbonyl (C=O) groups is 1. The summed E-state index contributed by atoms with van der Waals surface area (Å²) in [5, 5.41) is 3.90. The van der Waals surface area contributed by atoms with Gasteiger partial charge in [-0.25, -0.2) is 9.37 Å². The Balaban J connectivity index is 1.42. The standard InChI is InChI=1S/C20H20FN5O2/c1-13-10-23-17(11-22-13)20(27)26-8-4-5-14(12-26)9-18-24-19(25-28-18)15-6-2-3-7-16(15)21/h2-3,6-7,10-11,14H,4-5,8-9,12H2,1H3. The Morgan fingerprint density at radius 2 is 2.14 bits per heavy atom. The molecule has 1 aliphatic heterocycles. The van der Waals surface area contributed by atoms with E-state index >= 15 is 0 Å². The van der Waals surface area contributed by atoms with Crippen molar-refractivity contribution in [2.24, 2.45) is 5.92 Å². The molecule has 0 radical (unpaired) electrons. The zero-order chi connectivity index (χ0) is 19.5. The van der Waals surface area contributed by atoms with Crippen LogP contribution in [0.15, 0.2) is 41.2 Å². The fourth-order valence-electron chi connectivity index (χ4n) is 3.42. The van der Waals surface area contributed by atoms with Gasteiger partial charge in [0, 0.05) is 25.7 Å². The van der Waals surface area contributed by atoms with E-state index in [4.69, 9.17) is 4.52 Å². The molecule has 1 fully saturated rings. The zero-order valence-electron chi connectivity index (χ0n) is 15.5. The van der Waals surface area contributed by atoms with Crippen LogP contribution in [-0.2, 0) is 6.42 Å². The van der Waals surface area contributed by atoms with E-state index in [2.05, 4.69) is 20.1 Å². The number of benzene rings is 1. The van der Waals surface area contributed by atoms with Crippen LogP contribution in [-0.4, -0.2) is 44.0 Å². The van der Waals surface area contributed by atoms with Gasteiger partial charge in [0.1, 0.15) is 11.5 Å². The molecule has 0 spiro atoms. The van der Waals surface area contributed by atoms with Gasteiger partial charge in [-0.2, -0.15) is 4.98 Å². The topological polar surface area (TPSA) is 85.0 Å². The number of halogens is 1. The molecule has 0 aliphatic carbocycles. The summed E-state index contributed by atoms with van der Waals surface area (Å²) >= 11 is 0. The van der Waals surface area contributed by atoms with Crippen LogP contribution >= 0.6 is 0 Å². The SMILES string of the molecule is Cc1cnc(C(=O)N2CCCC(Cc3nc(-c4ccccc4F)no3)C2)cn1. The van der Waals surface area contributed by atoms with Gasteiger partial charge in [0.2, 0.25) is 11.7 Å². The Kier molecular flexibility index (Phi) is 5.10. The molecule has 2 aromatic heterocycles. The van der Waals surface area contributed by atoms with Crippen molar-refractivity contribution < 1.29 is 13.7 Å². The molecule has 3 aromatic rings. The Labute approximate surface area is 161 Å². The first kappa shape index (κ1) is 18.2. The van der Waals surface area contributed by atoms with E-state index < -0.39 is 0 Å². The molecule has 144 valence electrons. The molecule has 28 heavy (non-hydrogen) atoms. The van der Waals surface area contributed by atoms with Gasteiger partial charge in [0.25, 0.3) is 5.91 Å². The summed E-state index contributed by atoms with van der Waals surface area (Å²) in [5.74, 6) is 0.391. The van der Waals surface area contributed by atoms with Crippen LogP contribution in [0.25, 0.3) is 11.4 Å². The van der Waals surface area contributed by atoms with E-state index in [9.17, 15) is 9.18 Å². The normalized spacial score (nSPS) is 16.9. The highest BCUT2D eigenvalue weighted by molar-refractivity contribution is 5.92. The van der Waals surface area contributed by atoms with Crippen LogP contribution in [0.3, 0.4) is 0 Å². The highest BCUT2D eigenvalue weighted by Gasteiger charge is 2.27. The highest BCUT2D eigenvalue weighted by Crippen LogP contribution is 2.24. The number of nitrogens with zero attached hydrogens (tertiary/aromatic N) is 5. The second-order valence-corrected chi connectivity index (χ2v) is 7.00. The van der Waals surface area contributed by atoms with Crippen molar-refractivity contribution in [2.75, 3.05) is 13.1 Å². The van der Waals surface area contributed by atoms with Crippen LogP contribution in [0, 0.1) is 18.7 Å². The maximum Gasteiger partial charge on any atom is 0.274 e. The molecule has 7 nitrogen and oxygen atoms in total. The lowest BCUT2D eigenvalue weighted by atomic mass is 9.94. The molecular weight excluding hydrogens is 361 g/mol. The summed E-state index contributed by atoms with van der Waals surface area (Å²) in [4.78, 5) is 27.1. The first-order valence-corrected chi connectivity index (χ1v) is 9.25. The van der Waals surface area contributed by atoms with E-state index in [-0.39, 0.29) is 23.5 Å². The number of likely N-dealkylation sites (tertiary alicyclic amines) is 1. The van der Waals surface area contributed by atoms with Crippen LogP contribution in [0.1, 0.15) is 34.9 Å². The minimum absolute atomic E-state index is 0.116. The molecule has 0 saturated carbocycles. The number of aryl methyl sites for hydroxylation is 1. The lowest BCUT2D eigenvalue weighted by molar-refractivity contribution is 0.0661. The summed E-state index contributed by atoms with van der Waals surface area (Å²) in [6.07, 6.45) is 5.51. The third kappa shape index (κ3) is 3.90.